The molecule has 1 unspecified atom stereocenters. The molecule has 1 N–H and O–H groups in total. The third-order valence-electron chi connectivity index (χ3n) is 3.90. The van der Waals surface area contributed by atoms with Crippen molar-refractivity contribution in [1.29, 1.82) is 0 Å². The Morgan fingerprint density at radius 2 is 1.88 bits per heavy atom. The van der Waals surface area contributed by atoms with Crippen LogP contribution >= 0.6 is 0 Å². The fourth-order valence-electron chi connectivity index (χ4n) is 2.44. The minimum Gasteiger partial charge on any atom is -0.350 e. The molecule has 2 rings (SSSR count). The molecule has 1 fully saturated rings. The molecule has 4 nitrogen and oxygen atoms in total. The lowest BCUT2D eigenvalue weighted by atomic mass is 9.73. The Morgan fingerprint density at radius 1 is 1.12 bits per heavy atom. The van der Waals surface area contributed by atoms with E-state index in [-0.39, 0.29) is 0 Å². The van der Waals surface area contributed by atoms with Crippen molar-refractivity contribution < 1.29 is 0 Å². The van der Waals surface area contributed by atoms with Gasteiger partial charge in [0.15, 0.2) is 0 Å². The maximum atomic E-state index is 4.45. The number of rotatable bonds is 2. The van der Waals surface area contributed by atoms with Crippen molar-refractivity contribution in [2.24, 2.45) is 5.41 Å². The molecule has 1 aliphatic rings. The first-order valence-corrected chi connectivity index (χ1v) is 6.43. The normalized spacial score (nSPS) is 23.4. The quantitative estimate of drug-likeness (QED) is 0.855. The second-order valence-corrected chi connectivity index (χ2v) is 5.74. The summed E-state index contributed by atoms with van der Waals surface area (Å²) in [5.74, 6) is 0.674. The van der Waals surface area contributed by atoms with Crippen LogP contribution in [0, 0.1) is 19.3 Å². The molecule has 0 aliphatic heterocycles. The van der Waals surface area contributed by atoms with Gasteiger partial charge in [0.1, 0.15) is 0 Å². The van der Waals surface area contributed by atoms with Crippen molar-refractivity contribution in [3.63, 3.8) is 0 Å². The van der Waals surface area contributed by atoms with E-state index in [1.807, 2.05) is 13.8 Å². The van der Waals surface area contributed by atoms with Crippen LogP contribution in [0.25, 0.3) is 0 Å². The zero-order valence-corrected chi connectivity index (χ0v) is 11.2. The number of nitrogens with one attached hydrogen (secondary N) is 1. The number of aryl methyl sites for hydroxylation is 2. The van der Waals surface area contributed by atoms with Gasteiger partial charge in [-0.2, -0.15) is 5.10 Å². The topological polar surface area (TPSA) is 50.7 Å². The van der Waals surface area contributed by atoms with E-state index in [4.69, 9.17) is 0 Å². The van der Waals surface area contributed by atoms with Gasteiger partial charge in [0, 0.05) is 6.04 Å². The minimum atomic E-state index is 0.320. The van der Waals surface area contributed by atoms with Gasteiger partial charge in [-0.3, -0.25) is 0 Å². The third-order valence-corrected chi connectivity index (χ3v) is 3.90. The largest absolute Gasteiger partial charge is 0.350 e. The highest BCUT2D eigenvalue weighted by Gasteiger charge is 2.32. The summed E-state index contributed by atoms with van der Waals surface area (Å²) in [7, 11) is 0. The summed E-state index contributed by atoms with van der Waals surface area (Å²) in [6, 6.07) is 0.458. The van der Waals surface area contributed by atoms with Gasteiger partial charge >= 0.3 is 0 Å². The highest BCUT2D eigenvalue weighted by atomic mass is 15.2. The average molecular weight is 234 g/mol. The van der Waals surface area contributed by atoms with E-state index < -0.39 is 0 Å². The molecule has 0 bridgehead atoms. The molecular formula is C13H22N4. The SMILES string of the molecule is Cc1nnc(NC2CCCCC2(C)C)nc1C. The monoisotopic (exact) mass is 234 g/mol. The summed E-state index contributed by atoms with van der Waals surface area (Å²) in [5.41, 5.74) is 2.18. The van der Waals surface area contributed by atoms with Crippen molar-refractivity contribution in [3.05, 3.63) is 11.4 Å². The molecule has 0 aromatic carbocycles. The summed E-state index contributed by atoms with van der Waals surface area (Å²) in [5, 5.41) is 11.7. The molecule has 4 heteroatoms. The summed E-state index contributed by atoms with van der Waals surface area (Å²) in [6.07, 6.45) is 5.09. The lowest BCUT2D eigenvalue weighted by molar-refractivity contribution is 0.216. The average Bonchev–Trinajstić information content (AvgIpc) is 2.26. The summed E-state index contributed by atoms with van der Waals surface area (Å²) in [4.78, 5) is 4.45. The molecule has 17 heavy (non-hydrogen) atoms. The molecule has 0 spiro atoms. The Labute approximate surface area is 103 Å². The van der Waals surface area contributed by atoms with Crippen molar-refractivity contribution in [3.8, 4) is 0 Å². The molecule has 0 radical (unpaired) electrons. The molecular weight excluding hydrogens is 212 g/mol. The van der Waals surface area contributed by atoms with Gasteiger partial charge < -0.3 is 5.32 Å². The van der Waals surface area contributed by atoms with E-state index in [1.54, 1.807) is 0 Å². The first-order chi connectivity index (χ1) is 7.99. The first kappa shape index (κ1) is 12.3. The molecule has 1 saturated carbocycles. The lowest BCUT2D eigenvalue weighted by Gasteiger charge is -2.38. The van der Waals surface area contributed by atoms with Gasteiger partial charge in [-0.1, -0.05) is 26.7 Å². The number of hydrogen-bond donors (Lipinski definition) is 1. The highest BCUT2D eigenvalue weighted by Crippen LogP contribution is 2.36. The molecule has 1 aromatic heterocycles. The number of aromatic nitrogens is 3. The smallest absolute Gasteiger partial charge is 0.243 e. The zero-order chi connectivity index (χ0) is 12.5. The Kier molecular flexibility index (Phi) is 3.31. The Balaban J connectivity index is 2.11. The molecule has 1 aliphatic carbocycles. The molecule has 1 atom stereocenters. The maximum Gasteiger partial charge on any atom is 0.243 e. The van der Waals surface area contributed by atoms with Crippen LogP contribution in [-0.2, 0) is 0 Å². The highest BCUT2D eigenvalue weighted by molar-refractivity contribution is 5.27. The maximum absolute atomic E-state index is 4.45. The number of hydrogen-bond acceptors (Lipinski definition) is 4. The van der Waals surface area contributed by atoms with Crippen LogP contribution in [0.4, 0.5) is 5.95 Å². The van der Waals surface area contributed by atoms with Gasteiger partial charge in [-0.25, -0.2) is 4.98 Å². The van der Waals surface area contributed by atoms with E-state index in [2.05, 4.69) is 34.3 Å². The molecule has 1 aromatic rings. The third kappa shape index (κ3) is 2.73. The van der Waals surface area contributed by atoms with Gasteiger partial charge in [0.25, 0.3) is 0 Å². The zero-order valence-electron chi connectivity index (χ0n) is 11.2. The first-order valence-electron chi connectivity index (χ1n) is 6.43. The van der Waals surface area contributed by atoms with Crippen LogP contribution in [0.2, 0.25) is 0 Å². The number of nitrogens with zero attached hydrogens (tertiary/aromatic N) is 3. The van der Waals surface area contributed by atoms with Gasteiger partial charge in [-0.15, -0.1) is 5.10 Å². The van der Waals surface area contributed by atoms with Crippen LogP contribution in [-0.4, -0.2) is 21.2 Å². The van der Waals surface area contributed by atoms with Crippen LogP contribution in [0.1, 0.15) is 50.9 Å². The van der Waals surface area contributed by atoms with E-state index in [9.17, 15) is 0 Å². The minimum absolute atomic E-state index is 0.320. The summed E-state index contributed by atoms with van der Waals surface area (Å²) in [6.45, 7) is 8.54. The molecule has 0 saturated heterocycles. The standard InChI is InChI=1S/C13H22N4/c1-9-10(2)16-17-12(14-9)15-11-7-5-6-8-13(11,3)4/h11H,5-8H2,1-4H3,(H,14,15,17). The summed E-state index contributed by atoms with van der Waals surface area (Å²) < 4.78 is 0. The predicted molar refractivity (Wildman–Crippen MR) is 69.0 cm³/mol. The van der Waals surface area contributed by atoms with Crippen LogP contribution in [0.5, 0.6) is 0 Å². The van der Waals surface area contributed by atoms with E-state index >= 15 is 0 Å². The second-order valence-electron chi connectivity index (χ2n) is 5.74. The van der Waals surface area contributed by atoms with Crippen LogP contribution in [0.15, 0.2) is 0 Å². The molecule has 0 amide bonds. The van der Waals surface area contributed by atoms with Gasteiger partial charge in [0.2, 0.25) is 5.95 Å². The van der Waals surface area contributed by atoms with Crippen molar-refractivity contribution in [2.45, 2.75) is 59.4 Å². The molecule has 1 heterocycles. The number of anilines is 1. The van der Waals surface area contributed by atoms with Crippen molar-refractivity contribution in [2.75, 3.05) is 5.32 Å². The van der Waals surface area contributed by atoms with Crippen molar-refractivity contribution >= 4 is 5.95 Å². The van der Waals surface area contributed by atoms with E-state index in [0.717, 1.165) is 11.4 Å². The lowest BCUT2D eigenvalue weighted by Crippen LogP contribution is -2.39. The van der Waals surface area contributed by atoms with Crippen molar-refractivity contribution in [1.82, 2.24) is 15.2 Å². The van der Waals surface area contributed by atoms with Crippen LogP contribution in [0.3, 0.4) is 0 Å². The predicted octanol–water partition coefficient (Wildman–Crippen LogP) is 2.87. The fraction of sp³-hybridized carbons (Fsp3) is 0.769. The van der Waals surface area contributed by atoms with E-state index in [0.29, 0.717) is 17.4 Å². The van der Waals surface area contributed by atoms with E-state index in [1.165, 1.54) is 25.7 Å². The Hall–Kier alpha value is -1.19. The molecule has 94 valence electrons. The van der Waals surface area contributed by atoms with Crippen LogP contribution < -0.4 is 5.32 Å². The van der Waals surface area contributed by atoms with Gasteiger partial charge in [0.05, 0.1) is 11.4 Å². The Morgan fingerprint density at radius 3 is 2.53 bits per heavy atom. The second kappa shape index (κ2) is 4.59. The Bertz CT molecular complexity index is 400. The van der Waals surface area contributed by atoms with Gasteiger partial charge in [-0.05, 0) is 32.1 Å². The fourth-order valence-corrected chi connectivity index (χ4v) is 2.44. The summed E-state index contributed by atoms with van der Waals surface area (Å²) >= 11 is 0.